The van der Waals surface area contributed by atoms with Crippen molar-refractivity contribution in [2.45, 2.75) is 19.4 Å². The largest absolute Gasteiger partial charge is 0.328 e. The zero-order valence-corrected chi connectivity index (χ0v) is 16.2. The molecule has 146 valence electrons. The fourth-order valence-corrected chi connectivity index (χ4v) is 3.46. The molecule has 0 spiro atoms. The summed E-state index contributed by atoms with van der Waals surface area (Å²) in [4.78, 5) is 27.2. The second-order valence-electron chi connectivity index (χ2n) is 6.84. The first kappa shape index (κ1) is 20.0. The summed E-state index contributed by atoms with van der Waals surface area (Å²) in [6.45, 7) is 5.47. The molecule has 2 aromatic carbocycles. The second kappa shape index (κ2) is 8.11. The lowest BCUT2D eigenvalue weighted by Gasteiger charge is -2.34. The second-order valence-corrected chi connectivity index (χ2v) is 6.84. The van der Waals surface area contributed by atoms with Crippen molar-refractivity contribution in [1.29, 1.82) is 5.26 Å². The minimum atomic E-state index is -0.713. The van der Waals surface area contributed by atoms with Crippen LogP contribution in [0.25, 0.3) is 11.6 Å². The van der Waals surface area contributed by atoms with Crippen molar-refractivity contribution in [3.05, 3.63) is 82.8 Å². The number of nitrogens with one attached hydrogen (secondary N) is 1. The molecule has 0 aliphatic carbocycles. The summed E-state index contributed by atoms with van der Waals surface area (Å²) in [5.41, 5.74) is 3.05. The Hall–Kier alpha value is -3.72. The molecule has 1 saturated heterocycles. The van der Waals surface area contributed by atoms with Gasteiger partial charge < -0.3 is 10.2 Å². The van der Waals surface area contributed by atoms with Crippen molar-refractivity contribution < 1.29 is 14.0 Å². The summed E-state index contributed by atoms with van der Waals surface area (Å²) in [5.74, 6) is -1.04. The van der Waals surface area contributed by atoms with Gasteiger partial charge in [0.15, 0.2) is 0 Å². The van der Waals surface area contributed by atoms with Gasteiger partial charge in [-0.25, -0.2) is 4.39 Å². The van der Waals surface area contributed by atoms with Crippen LogP contribution in [0.5, 0.6) is 0 Å². The summed E-state index contributed by atoms with van der Waals surface area (Å²) >= 11 is 0. The number of nitrogens with zero attached hydrogens (tertiary/aromatic N) is 2. The highest BCUT2D eigenvalue weighted by molar-refractivity contribution is 6.09. The number of halogens is 1. The van der Waals surface area contributed by atoms with E-state index in [1.165, 1.54) is 17.0 Å². The topological polar surface area (TPSA) is 73.2 Å². The van der Waals surface area contributed by atoms with E-state index in [9.17, 15) is 19.2 Å². The van der Waals surface area contributed by atoms with Crippen molar-refractivity contribution in [3.8, 4) is 6.07 Å². The molecule has 29 heavy (non-hydrogen) atoms. The highest BCUT2D eigenvalue weighted by atomic mass is 19.1. The monoisotopic (exact) mass is 389 g/mol. The summed E-state index contributed by atoms with van der Waals surface area (Å²) < 4.78 is 13.1. The fourth-order valence-electron chi connectivity index (χ4n) is 3.46. The molecule has 1 aliphatic heterocycles. The van der Waals surface area contributed by atoms with Gasteiger partial charge in [-0.15, -0.1) is 0 Å². The smallest absolute Gasteiger partial charge is 0.271 e. The van der Waals surface area contributed by atoms with E-state index in [1.807, 2.05) is 0 Å². The third kappa shape index (κ3) is 3.81. The summed E-state index contributed by atoms with van der Waals surface area (Å²) in [6, 6.07) is 12.4. The maximum Gasteiger partial charge on any atom is 0.271 e. The number of likely N-dealkylation sites (N-methyl/N-ethyl adjacent to an activating group) is 1. The Balaban J connectivity index is 1.98. The van der Waals surface area contributed by atoms with Crippen LogP contribution >= 0.6 is 0 Å². The average molecular weight is 389 g/mol. The van der Waals surface area contributed by atoms with Crippen LogP contribution in [0, 0.1) is 17.1 Å². The molecule has 0 aromatic heterocycles. The first-order valence-corrected chi connectivity index (χ1v) is 9.06. The van der Waals surface area contributed by atoms with Crippen molar-refractivity contribution in [3.63, 3.8) is 0 Å². The van der Waals surface area contributed by atoms with E-state index in [0.717, 1.165) is 5.56 Å². The Bertz CT molecular complexity index is 1060. The van der Waals surface area contributed by atoms with E-state index in [0.29, 0.717) is 22.3 Å². The van der Waals surface area contributed by atoms with Gasteiger partial charge in [-0.3, -0.25) is 9.59 Å². The van der Waals surface area contributed by atoms with Crippen LogP contribution in [0.2, 0.25) is 0 Å². The van der Waals surface area contributed by atoms with Crippen LogP contribution in [0.15, 0.2) is 54.7 Å². The molecule has 5 nitrogen and oxygen atoms in total. The Kier molecular flexibility index (Phi) is 5.60. The van der Waals surface area contributed by atoms with E-state index in [2.05, 4.69) is 18.0 Å². The van der Waals surface area contributed by atoms with Crippen LogP contribution in [0.3, 0.4) is 0 Å². The predicted octanol–water partition coefficient (Wildman–Crippen LogP) is 3.27. The zero-order chi connectivity index (χ0) is 21.1. The van der Waals surface area contributed by atoms with Crippen LogP contribution in [0.4, 0.5) is 4.39 Å². The Morgan fingerprint density at radius 1 is 1.28 bits per heavy atom. The van der Waals surface area contributed by atoms with Gasteiger partial charge in [0.2, 0.25) is 5.91 Å². The van der Waals surface area contributed by atoms with Gasteiger partial charge in [0.05, 0.1) is 11.6 Å². The number of nitriles is 1. The Labute approximate surface area is 168 Å². The molecule has 3 rings (SSSR count). The number of piperazine rings is 1. The average Bonchev–Trinajstić information content (AvgIpc) is 2.73. The Morgan fingerprint density at radius 2 is 1.97 bits per heavy atom. The molecule has 6 heteroatoms. The van der Waals surface area contributed by atoms with Crippen LogP contribution in [-0.2, 0) is 16.0 Å². The van der Waals surface area contributed by atoms with Gasteiger partial charge in [-0.1, -0.05) is 36.9 Å². The Morgan fingerprint density at radius 3 is 2.59 bits per heavy atom. The SMILES string of the molecule is C=Cc1cccc(C#N)c1C(C)=C1NC(=O)C(Cc2ccc(F)cc2)N(C)C1=O. The number of benzene rings is 2. The number of amides is 2. The number of carbonyl (C=O) groups excluding carboxylic acids is 2. The lowest BCUT2D eigenvalue weighted by atomic mass is 9.92. The number of rotatable bonds is 4. The zero-order valence-electron chi connectivity index (χ0n) is 16.2. The first-order chi connectivity index (χ1) is 13.9. The maximum absolute atomic E-state index is 13.1. The highest BCUT2D eigenvalue weighted by Gasteiger charge is 2.36. The van der Waals surface area contributed by atoms with Gasteiger partial charge in [0, 0.05) is 19.0 Å². The molecule has 1 atom stereocenters. The summed E-state index contributed by atoms with van der Waals surface area (Å²) in [5, 5.41) is 12.2. The molecule has 1 fully saturated rings. The molecule has 1 N–H and O–H groups in total. The summed E-state index contributed by atoms with van der Waals surface area (Å²) in [6.07, 6.45) is 1.88. The van der Waals surface area contributed by atoms with Gasteiger partial charge in [0.25, 0.3) is 5.91 Å². The molecule has 0 bridgehead atoms. The van der Waals surface area contributed by atoms with Crippen molar-refractivity contribution in [1.82, 2.24) is 10.2 Å². The van der Waals surface area contributed by atoms with E-state index >= 15 is 0 Å². The molecule has 0 saturated carbocycles. The molecule has 1 unspecified atom stereocenters. The lowest BCUT2D eigenvalue weighted by molar-refractivity contribution is -0.140. The number of carbonyl (C=O) groups is 2. The quantitative estimate of drug-likeness (QED) is 0.816. The number of hydrogen-bond acceptors (Lipinski definition) is 3. The third-order valence-electron chi connectivity index (χ3n) is 5.08. The molecule has 0 radical (unpaired) electrons. The van der Waals surface area contributed by atoms with Crippen LogP contribution < -0.4 is 5.32 Å². The molecule has 1 aliphatic rings. The van der Waals surface area contributed by atoms with E-state index in [1.54, 1.807) is 50.4 Å². The fraction of sp³-hybridized carbons (Fsp3) is 0.174. The molecular weight excluding hydrogens is 369 g/mol. The molecule has 1 heterocycles. The maximum atomic E-state index is 13.1. The van der Waals surface area contributed by atoms with E-state index in [4.69, 9.17) is 0 Å². The minimum Gasteiger partial charge on any atom is -0.328 e. The van der Waals surface area contributed by atoms with E-state index in [-0.39, 0.29) is 29.7 Å². The minimum absolute atomic E-state index is 0.138. The van der Waals surface area contributed by atoms with Gasteiger partial charge in [0.1, 0.15) is 17.6 Å². The van der Waals surface area contributed by atoms with Crippen LogP contribution in [-0.4, -0.2) is 29.8 Å². The summed E-state index contributed by atoms with van der Waals surface area (Å²) in [7, 11) is 1.56. The van der Waals surface area contributed by atoms with Gasteiger partial charge >= 0.3 is 0 Å². The lowest BCUT2D eigenvalue weighted by Crippen LogP contribution is -2.56. The van der Waals surface area contributed by atoms with E-state index < -0.39 is 6.04 Å². The standard InChI is InChI=1S/C23H20FN3O2/c1-4-16-6-5-7-17(13-25)20(16)14(2)21-23(29)27(3)19(22(28)26-21)12-15-8-10-18(24)11-9-15/h4-11,19H,1,12H2,2-3H3,(H,26,28). The predicted molar refractivity (Wildman–Crippen MR) is 109 cm³/mol. The third-order valence-corrected chi connectivity index (χ3v) is 5.08. The normalized spacial score (nSPS) is 18.1. The number of hydrogen-bond donors (Lipinski definition) is 1. The van der Waals surface area contributed by atoms with Gasteiger partial charge in [-0.05, 0) is 41.8 Å². The van der Waals surface area contributed by atoms with Crippen molar-refractivity contribution >= 4 is 23.5 Å². The van der Waals surface area contributed by atoms with Crippen molar-refractivity contribution in [2.75, 3.05) is 7.05 Å². The molecule has 2 aromatic rings. The number of allylic oxidation sites excluding steroid dienone is 1. The first-order valence-electron chi connectivity index (χ1n) is 9.06. The van der Waals surface area contributed by atoms with Crippen molar-refractivity contribution in [2.24, 2.45) is 0 Å². The van der Waals surface area contributed by atoms with Gasteiger partial charge in [-0.2, -0.15) is 5.26 Å². The molecule has 2 amide bonds. The van der Waals surface area contributed by atoms with Crippen LogP contribution in [0.1, 0.15) is 29.2 Å². The highest BCUT2D eigenvalue weighted by Crippen LogP contribution is 2.28. The molecular formula is C23H20FN3O2.